The van der Waals surface area contributed by atoms with Crippen molar-refractivity contribution in [2.24, 2.45) is 0 Å². The molecule has 0 saturated carbocycles. The zero-order valence-corrected chi connectivity index (χ0v) is 21.8. The van der Waals surface area contributed by atoms with E-state index in [1.807, 2.05) is 42.5 Å². The van der Waals surface area contributed by atoms with E-state index in [9.17, 15) is 19.5 Å². The van der Waals surface area contributed by atoms with E-state index < -0.39 is 30.3 Å². The van der Waals surface area contributed by atoms with E-state index in [1.54, 1.807) is 39.0 Å². The molecule has 0 saturated heterocycles. The Hall–Kier alpha value is -4.33. The Morgan fingerprint density at radius 1 is 0.921 bits per heavy atom. The topological polar surface area (TPSA) is 105 Å². The SMILES string of the molecule is CC(C)(C)OC(=O)Nc1cccc(CCN(CC(=O)O)C(=O)OCC2c3ccccc3-c3ccccc32)c1. The first kappa shape index (κ1) is 26.7. The summed E-state index contributed by atoms with van der Waals surface area (Å²) in [6.45, 7) is 5.11. The number of carboxylic acid groups (broad SMARTS) is 1. The van der Waals surface area contributed by atoms with Gasteiger partial charge >= 0.3 is 18.2 Å². The van der Waals surface area contributed by atoms with Gasteiger partial charge in [0.15, 0.2) is 0 Å². The van der Waals surface area contributed by atoms with Gasteiger partial charge < -0.3 is 14.6 Å². The summed E-state index contributed by atoms with van der Waals surface area (Å²) in [5.74, 6) is -1.24. The number of hydrogen-bond acceptors (Lipinski definition) is 5. The van der Waals surface area contributed by atoms with Gasteiger partial charge in [0.2, 0.25) is 0 Å². The molecule has 198 valence electrons. The van der Waals surface area contributed by atoms with Crippen molar-refractivity contribution in [2.75, 3.05) is 25.0 Å². The molecule has 0 unspecified atom stereocenters. The molecule has 8 nitrogen and oxygen atoms in total. The molecule has 3 aromatic carbocycles. The molecule has 8 heteroatoms. The van der Waals surface area contributed by atoms with Crippen molar-refractivity contribution >= 4 is 23.8 Å². The maximum absolute atomic E-state index is 13.0. The fourth-order valence-corrected chi connectivity index (χ4v) is 4.57. The lowest BCUT2D eigenvalue weighted by Crippen LogP contribution is -2.38. The smallest absolute Gasteiger partial charge is 0.412 e. The minimum absolute atomic E-state index is 0.109. The number of carboxylic acids is 1. The van der Waals surface area contributed by atoms with Gasteiger partial charge in [-0.25, -0.2) is 9.59 Å². The molecule has 1 aliphatic carbocycles. The van der Waals surface area contributed by atoms with Crippen molar-refractivity contribution in [1.29, 1.82) is 0 Å². The Kier molecular flexibility index (Phi) is 8.00. The number of anilines is 1. The number of amides is 2. The first-order chi connectivity index (χ1) is 18.1. The number of rotatable bonds is 8. The van der Waals surface area contributed by atoms with E-state index in [4.69, 9.17) is 9.47 Å². The highest BCUT2D eigenvalue weighted by atomic mass is 16.6. The lowest BCUT2D eigenvalue weighted by Gasteiger charge is -2.22. The normalized spacial score (nSPS) is 12.3. The molecule has 2 amide bonds. The molecular weight excluding hydrogens is 484 g/mol. The summed E-state index contributed by atoms with van der Waals surface area (Å²) in [5.41, 5.74) is 5.14. The quantitative estimate of drug-likeness (QED) is 0.386. The lowest BCUT2D eigenvalue weighted by molar-refractivity contribution is -0.138. The third-order valence-corrected chi connectivity index (χ3v) is 6.16. The van der Waals surface area contributed by atoms with Gasteiger partial charge in [-0.05, 0) is 67.1 Å². The second kappa shape index (κ2) is 11.4. The molecule has 1 aliphatic rings. The Morgan fingerprint density at radius 2 is 1.55 bits per heavy atom. The number of benzene rings is 3. The standard InChI is InChI=1S/C30H32N2O6/c1-30(2,3)38-28(35)31-21-10-8-9-20(17-21)15-16-32(18-27(33)34)29(36)37-19-26-24-13-6-4-11-22(24)23-12-5-7-14-25(23)26/h4-14,17,26H,15-16,18-19H2,1-3H3,(H,31,35)(H,33,34). The molecule has 0 spiro atoms. The maximum Gasteiger partial charge on any atom is 0.412 e. The molecule has 38 heavy (non-hydrogen) atoms. The van der Waals surface area contributed by atoms with Crippen molar-refractivity contribution < 1.29 is 29.0 Å². The molecule has 0 aromatic heterocycles. The van der Waals surface area contributed by atoms with Crippen LogP contribution >= 0.6 is 0 Å². The van der Waals surface area contributed by atoms with Crippen molar-refractivity contribution in [3.8, 4) is 11.1 Å². The monoisotopic (exact) mass is 516 g/mol. The first-order valence-electron chi connectivity index (χ1n) is 12.5. The van der Waals surface area contributed by atoms with Crippen molar-refractivity contribution in [3.05, 3.63) is 89.5 Å². The Labute approximate surface area is 222 Å². The van der Waals surface area contributed by atoms with Gasteiger partial charge in [0.25, 0.3) is 0 Å². The summed E-state index contributed by atoms with van der Waals surface area (Å²) in [6.07, 6.45) is -0.875. The zero-order valence-electron chi connectivity index (χ0n) is 21.8. The van der Waals surface area contributed by atoms with E-state index in [1.165, 1.54) is 4.90 Å². The van der Waals surface area contributed by atoms with Crippen molar-refractivity contribution in [1.82, 2.24) is 4.90 Å². The highest BCUT2D eigenvalue weighted by Gasteiger charge is 2.30. The predicted octanol–water partition coefficient (Wildman–Crippen LogP) is 5.91. The molecule has 0 radical (unpaired) electrons. The summed E-state index contributed by atoms with van der Waals surface area (Å²) >= 11 is 0. The van der Waals surface area contributed by atoms with Crippen LogP contribution in [0.4, 0.5) is 15.3 Å². The minimum Gasteiger partial charge on any atom is -0.480 e. The summed E-state index contributed by atoms with van der Waals surface area (Å²) < 4.78 is 10.9. The number of hydrogen-bond donors (Lipinski definition) is 2. The predicted molar refractivity (Wildman–Crippen MR) is 144 cm³/mol. The van der Waals surface area contributed by atoms with Gasteiger partial charge in [-0.1, -0.05) is 60.7 Å². The summed E-state index contributed by atoms with van der Waals surface area (Å²) in [4.78, 5) is 37.8. The molecule has 3 aromatic rings. The largest absolute Gasteiger partial charge is 0.480 e. The van der Waals surface area contributed by atoms with Gasteiger partial charge in [-0.3, -0.25) is 15.0 Å². The highest BCUT2D eigenvalue weighted by molar-refractivity contribution is 5.85. The number of nitrogens with zero attached hydrogens (tertiary/aromatic N) is 1. The van der Waals surface area contributed by atoms with Crippen LogP contribution in [0, 0.1) is 0 Å². The molecule has 0 heterocycles. The van der Waals surface area contributed by atoms with Crippen molar-refractivity contribution in [3.63, 3.8) is 0 Å². The number of fused-ring (bicyclic) bond motifs is 3. The van der Waals surface area contributed by atoms with E-state index in [0.29, 0.717) is 12.1 Å². The summed E-state index contributed by atoms with van der Waals surface area (Å²) in [5, 5.41) is 12.1. The van der Waals surface area contributed by atoms with E-state index in [-0.39, 0.29) is 19.1 Å². The van der Waals surface area contributed by atoms with Gasteiger partial charge in [0.1, 0.15) is 18.8 Å². The van der Waals surface area contributed by atoms with Gasteiger partial charge in [0.05, 0.1) is 0 Å². The molecule has 4 rings (SSSR count). The number of aliphatic carboxylic acids is 1. The van der Waals surface area contributed by atoms with E-state index in [2.05, 4.69) is 17.4 Å². The average Bonchev–Trinajstić information content (AvgIpc) is 3.17. The summed E-state index contributed by atoms with van der Waals surface area (Å²) in [6, 6.07) is 23.2. The fraction of sp³-hybridized carbons (Fsp3) is 0.300. The molecule has 2 N–H and O–H groups in total. The van der Waals surface area contributed by atoms with Crippen LogP contribution in [0.5, 0.6) is 0 Å². The maximum atomic E-state index is 13.0. The molecule has 0 bridgehead atoms. The van der Waals surface area contributed by atoms with Crippen molar-refractivity contribution in [2.45, 2.75) is 38.7 Å². The third kappa shape index (κ3) is 6.70. The Bertz CT molecular complexity index is 1280. The van der Waals surface area contributed by atoms with Crippen LogP contribution in [0.2, 0.25) is 0 Å². The van der Waals surface area contributed by atoms with Gasteiger partial charge in [0, 0.05) is 18.2 Å². The lowest BCUT2D eigenvalue weighted by atomic mass is 9.98. The van der Waals surface area contributed by atoms with Crippen LogP contribution in [0.3, 0.4) is 0 Å². The zero-order chi connectivity index (χ0) is 27.3. The number of carbonyl (C=O) groups is 3. The van der Waals surface area contributed by atoms with Crippen LogP contribution in [0.25, 0.3) is 11.1 Å². The second-order valence-electron chi connectivity index (χ2n) is 10.2. The van der Waals surface area contributed by atoms with E-state index in [0.717, 1.165) is 27.8 Å². The van der Waals surface area contributed by atoms with Crippen LogP contribution in [0.1, 0.15) is 43.4 Å². The Morgan fingerprint density at radius 3 is 2.16 bits per heavy atom. The van der Waals surface area contributed by atoms with Crippen LogP contribution < -0.4 is 5.32 Å². The van der Waals surface area contributed by atoms with Crippen LogP contribution in [-0.2, 0) is 20.7 Å². The number of ether oxygens (including phenoxy) is 2. The minimum atomic E-state index is -1.13. The number of carbonyl (C=O) groups excluding carboxylic acids is 2. The second-order valence-corrected chi connectivity index (χ2v) is 10.2. The first-order valence-corrected chi connectivity index (χ1v) is 12.5. The molecular formula is C30H32N2O6. The Balaban J connectivity index is 1.40. The molecule has 0 fully saturated rings. The van der Waals surface area contributed by atoms with Crippen LogP contribution in [0.15, 0.2) is 72.8 Å². The van der Waals surface area contributed by atoms with Gasteiger partial charge in [-0.15, -0.1) is 0 Å². The van der Waals surface area contributed by atoms with E-state index >= 15 is 0 Å². The number of nitrogens with one attached hydrogen (secondary N) is 1. The van der Waals surface area contributed by atoms with Gasteiger partial charge in [-0.2, -0.15) is 0 Å². The van der Waals surface area contributed by atoms with Crippen LogP contribution in [-0.4, -0.2) is 53.5 Å². The summed E-state index contributed by atoms with van der Waals surface area (Å²) in [7, 11) is 0. The molecule has 0 atom stereocenters. The molecule has 0 aliphatic heterocycles. The fourth-order valence-electron chi connectivity index (χ4n) is 4.57. The average molecular weight is 517 g/mol. The third-order valence-electron chi connectivity index (χ3n) is 6.16. The highest BCUT2D eigenvalue weighted by Crippen LogP contribution is 2.44.